The maximum absolute atomic E-state index is 14.5. The van der Waals surface area contributed by atoms with Crippen molar-refractivity contribution in [2.24, 2.45) is 16.7 Å². The molecule has 1 aliphatic rings. The van der Waals surface area contributed by atoms with Crippen LogP contribution in [0.2, 0.25) is 0 Å². The van der Waals surface area contributed by atoms with Crippen molar-refractivity contribution in [3.63, 3.8) is 0 Å². The number of ketones is 1. The Hall–Kier alpha value is -3.46. The fourth-order valence-electron chi connectivity index (χ4n) is 5.28. The van der Waals surface area contributed by atoms with Crippen LogP contribution in [0, 0.1) is 23.7 Å². The summed E-state index contributed by atoms with van der Waals surface area (Å²) in [7, 11) is 0. The Balaban J connectivity index is 1.99. The zero-order valence-electron chi connectivity index (χ0n) is 20.5. The molecule has 0 saturated heterocycles. The van der Waals surface area contributed by atoms with Gasteiger partial charge in [-0.15, -0.1) is 0 Å². The van der Waals surface area contributed by atoms with Crippen LogP contribution in [0.25, 0.3) is 11.1 Å². The van der Waals surface area contributed by atoms with Crippen LogP contribution in [-0.4, -0.2) is 18.2 Å². The van der Waals surface area contributed by atoms with E-state index in [4.69, 9.17) is 4.74 Å². The molecule has 0 N–H and O–H groups in total. The number of allylic oxidation sites excluding steroid dienone is 1. The quantitative estimate of drug-likeness (QED) is 0.370. The topological polar surface area (TPSA) is 43.4 Å². The van der Waals surface area contributed by atoms with E-state index >= 15 is 0 Å². The van der Waals surface area contributed by atoms with Crippen molar-refractivity contribution in [1.29, 1.82) is 0 Å². The number of carbonyl (C=O) groups is 2. The Morgan fingerprint density at radius 3 is 1.68 bits per heavy atom. The smallest absolute Gasteiger partial charge is 0.157 e. The number of ether oxygens (including phenoxy) is 1. The van der Waals surface area contributed by atoms with Gasteiger partial charge in [-0.2, -0.15) is 0 Å². The Kier molecular flexibility index (Phi) is 6.31. The summed E-state index contributed by atoms with van der Waals surface area (Å²) >= 11 is 0. The predicted octanol–water partition coefficient (Wildman–Crippen LogP) is 6.80. The largest absolute Gasteiger partial charge is 0.489 e. The van der Waals surface area contributed by atoms with E-state index in [1.807, 2.05) is 120 Å². The molecule has 0 saturated carbocycles. The number of carbonyl (C=O) groups excluding carboxylic acids is 2. The third kappa shape index (κ3) is 3.69. The molecule has 174 valence electrons. The van der Waals surface area contributed by atoms with Crippen molar-refractivity contribution in [3.8, 4) is 5.75 Å². The van der Waals surface area contributed by atoms with Crippen molar-refractivity contribution in [2.45, 2.75) is 40.7 Å². The number of aryl methyl sites for hydroxylation is 1. The number of hydrogen-bond donors (Lipinski definition) is 0. The molecule has 0 aromatic heterocycles. The molecule has 0 radical (unpaired) electrons. The Bertz CT molecular complexity index is 1210. The number of rotatable bonds is 7. The van der Waals surface area contributed by atoms with Gasteiger partial charge >= 0.3 is 0 Å². The highest BCUT2D eigenvalue weighted by Crippen LogP contribution is 2.61. The van der Waals surface area contributed by atoms with E-state index in [0.717, 1.165) is 39.9 Å². The van der Waals surface area contributed by atoms with Crippen LogP contribution in [0.15, 0.2) is 84.9 Å². The predicted molar refractivity (Wildman–Crippen MR) is 137 cm³/mol. The van der Waals surface area contributed by atoms with Crippen molar-refractivity contribution in [1.82, 2.24) is 0 Å². The molecule has 0 heterocycles. The lowest BCUT2D eigenvalue weighted by Gasteiger charge is -2.36. The van der Waals surface area contributed by atoms with Crippen LogP contribution in [0.1, 0.15) is 44.4 Å². The van der Waals surface area contributed by atoms with Crippen molar-refractivity contribution in [3.05, 3.63) is 102 Å². The van der Waals surface area contributed by atoms with Crippen molar-refractivity contribution < 1.29 is 14.3 Å². The standard InChI is InChI=1S/C31H32O3/c1-21-16-18-26(19-17-21)34-23(3)31(5)28(25-14-10-7-11-15-25)27(24-12-8-6-9-13-24)30(4,29(31)33)22(2)20-32/h6-20,22-23H,1-5H3. The average Bonchev–Trinajstić information content (AvgIpc) is 3.06. The molecular weight excluding hydrogens is 420 g/mol. The Morgan fingerprint density at radius 1 is 0.735 bits per heavy atom. The van der Waals surface area contributed by atoms with Crippen LogP contribution in [-0.2, 0) is 9.59 Å². The highest BCUT2D eigenvalue weighted by Gasteiger charge is 2.62. The van der Waals surface area contributed by atoms with Gasteiger partial charge in [0.05, 0.1) is 10.8 Å². The number of benzene rings is 3. The molecule has 0 fully saturated rings. The van der Waals surface area contributed by atoms with Gasteiger partial charge in [0.1, 0.15) is 18.1 Å². The molecule has 4 atom stereocenters. The summed E-state index contributed by atoms with van der Waals surface area (Å²) in [5.41, 5.74) is 2.95. The SMILES string of the molecule is Cc1ccc(OC(C)C2(C)C(=O)C(C)(C(C)C=O)C(c3ccccc3)=C2c2ccccc2)cc1. The van der Waals surface area contributed by atoms with Crippen molar-refractivity contribution in [2.75, 3.05) is 0 Å². The molecule has 3 aromatic carbocycles. The maximum Gasteiger partial charge on any atom is 0.157 e. The Morgan fingerprint density at radius 2 is 1.21 bits per heavy atom. The van der Waals surface area contributed by atoms with Crippen LogP contribution in [0.3, 0.4) is 0 Å². The second kappa shape index (κ2) is 9.06. The summed E-state index contributed by atoms with van der Waals surface area (Å²) in [4.78, 5) is 26.7. The van der Waals surface area contributed by atoms with Gasteiger partial charge < -0.3 is 9.53 Å². The number of hydrogen-bond acceptors (Lipinski definition) is 3. The van der Waals surface area contributed by atoms with Gasteiger partial charge in [-0.25, -0.2) is 0 Å². The van der Waals surface area contributed by atoms with Gasteiger partial charge in [0.2, 0.25) is 0 Å². The zero-order chi connectivity index (χ0) is 24.5. The maximum atomic E-state index is 14.5. The number of aldehydes is 1. The van der Waals surface area contributed by atoms with E-state index in [9.17, 15) is 9.59 Å². The van der Waals surface area contributed by atoms with Crippen LogP contribution in [0.5, 0.6) is 5.75 Å². The molecule has 4 rings (SSSR count). The van der Waals surface area contributed by atoms with Gasteiger partial charge in [0.15, 0.2) is 5.78 Å². The minimum absolute atomic E-state index is 0.0110. The first-order chi connectivity index (χ1) is 16.2. The molecule has 1 aliphatic carbocycles. The van der Waals surface area contributed by atoms with Crippen LogP contribution in [0.4, 0.5) is 0 Å². The summed E-state index contributed by atoms with van der Waals surface area (Å²) < 4.78 is 6.43. The van der Waals surface area contributed by atoms with Gasteiger partial charge in [-0.3, -0.25) is 4.79 Å². The van der Waals surface area contributed by atoms with E-state index in [0.29, 0.717) is 0 Å². The molecule has 3 nitrogen and oxygen atoms in total. The molecule has 4 unspecified atom stereocenters. The highest BCUT2D eigenvalue weighted by atomic mass is 16.5. The molecule has 34 heavy (non-hydrogen) atoms. The lowest BCUT2D eigenvalue weighted by Crippen LogP contribution is -2.46. The molecule has 0 spiro atoms. The highest BCUT2D eigenvalue weighted by molar-refractivity contribution is 6.22. The summed E-state index contributed by atoms with van der Waals surface area (Å²) in [6, 6.07) is 27.9. The zero-order valence-corrected chi connectivity index (χ0v) is 20.5. The molecule has 3 aromatic rings. The molecule has 0 amide bonds. The van der Waals surface area contributed by atoms with Gasteiger partial charge in [-0.1, -0.05) is 85.3 Å². The Labute approximate surface area is 202 Å². The van der Waals surface area contributed by atoms with Crippen LogP contribution >= 0.6 is 0 Å². The monoisotopic (exact) mass is 452 g/mol. The van der Waals surface area contributed by atoms with Gasteiger partial charge in [-0.05, 0) is 62.1 Å². The minimum Gasteiger partial charge on any atom is -0.489 e. The molecule has 0 aliphatic heterocycles. The van der Waals surface area contributed by atoms with Crippen LogP contribution < -0.4 is 4.74 Å². The lowest BCUT2D eigenvalue weighted by molar-refractivity contribution is -0.137. The molecule has 0 bridgehead atoms. The van der Waals surface area contributed by atoms with E-state index < -0.39 is 22.9 Å². The summed E-state index contributed by atoms with van der Waals surface area (Å²) in [5, 5.41) is 0. The number of Topliss-reactive ketones (excluding diaryl/α,β-unsaturated/α-hetero) is 1. The second-order valence-electron chi connectivity index (χ2n) is 9.71. The first-order valence-electron chi connectivity index (χ1n) is 11.8. The van der Waals surface area contributed by atoms with E-state index in [2.05, 4.69) is 0 Å². The third-order valence-corrected chi connectivity index (χ3v) is 7.62. The first-order valence-corrected chi connectivity index (χ1v) is 11.8. The van der Waals surface area contributed by atoms with E-state index in [1.54, 1.807) is 0 Å². The average molecular weight is 453 g/mol. The summed E-state index contributed by atoms with van der Waals surface area (Å²) in [5.74, 6) is 0.233. The fraction of sp³-hybridized carbons (Fsp3) is 0.290. The van der Waals surface area contributed by atoms with Gasteiger partial charge in [0, 0.05) is 5.92 Å². The van der Waals surface area contributed by atoms with Gasteiger partial charge in [0.25, 0.3) is 0 Å². The lowest BCUT2D eigenvalue weighted by atomic mass is 9.67. The summed E-state index contributed by atoms with van der Waals surface area (Å²) in [6.07, 6.45) is 0.443. The minimum atomic E-state index is -0.992. The van der Waals surface area contributed by atoms with E-state index in [1.165, 1.54) is 0 Å². The molecular formula is C31H32O3. The third-order valence-electron chi connectivity index (χ3n) is 7.62. The fourth-order valence-corrected chi connectivity index (χ4v) is 5.28. The first kappa shape index (κ1) is 23.7. The molecule has 3 heteroatoms. The summed E-state index contributed by atoms with van der Waals surface area (Å²) in [6.45, 7) is 9.73. The second-order valence-corrected chi connectivity index (χ2v) is 9.71. The van der Waals surface area contributed by atoms with E-state index in [-0.39, 0.29) is 5.78 Å². The normalized spacial score (nSPS) is 24.1. The van der Waals surface area contributed by atoms with Crippen molar-refractivity contribution >= 4 is 23.2 Å².